The standard InChI is InChI=1S/C16H27N3O4/c1-5-6-22-14(20)18-7-11-9-19(10-12(8-18)13(11)17)15(21)23-16(2,3)4/h5,11-13H,1,6-10,17H2,2-4H3. The summed E-state index contributed by atoms with van der Waals surface area (Å²) in [5.74, 6) is 0.0672. The summed E-state index contributed by atoms with van der Waals surface area (Å²) < 4.78 is 10.5. The predicted octanol–water partition coefficient (Wildman–Crippen LogP) is 1.44. The molecule has 2 aliphatic heterocycles. The third-order valence-corrected chi connectivity index (χ3v) is 4.14. The number of amides is 2. The molecule has 130 valence electrons. The van der Waals surface area contributed by atoms with Crippen LogP contribution < -0.4 is 5.73 Å². The Morgan fingerprint density at radius 2 is 1.61 bits per heavy atom. The molecule has 0 aromatic carbocycles. The second-order valence-corrected chi connectivity index (χ2v) is 7.25. The number of fused-ring (bicyclic) bond motifs is 2. The highest BCUT2D eigenvalue weighted by molar-refractivity contribution is 5.69. The van der Waals surface area contributed by atoms with E-state index in [0.717, 1.165) is 0 Å². The van der Waals surface area contributed by atoms with Crippen LogP contribution in [-0.4, -0.2) is 66.4 Å². The van der Waals surface area contributed by atoms with Crippen molar-refractivity contribution in [3.05, 3.63) is 12.7 Å². The number of piperidine rings is 2. The molecule has 2 N–H and O–H groups in total. The van der Waals surface area contributed by atoms with Gasteiger partial charge in [0.05, 0.1) is 0 Å². The minimum absolute atomic E-state index is 0.0165. The zero-order valence-electron chi connectivity index (χ0n) is 14.2. The lowest BCUT2D eigenvalue weighted by atomic mass is 9.80. The van der Waals surface area contributed by atoms with E-state index in [1.165, 1.54) is 0 Å². The lowest BCUT2D eigenvalue weighted by Gasteiger charge is -2.48. The Morgan fingerprint density at radius 1 is 1.13 bits per heavy atom. The van der Waals surface area contributed by atoms with Crippen LogP contribution in [0.25, 0.3) is 0 Å². The van der Waals surface area contributed by atoms with Crippen molar-refractivity contribution in [2.75, 3.05) is 32.8 Å². The highest BCUT2D eigenvalue weighted by atomic mass is 16.6. The van der Waals surface area contributed by atoms with Crippen molar-refractivity contribution in [2.45, 2.75) is 32.4 Å². The van der Waals surface area contributed by atoms with E-state index in [0.29, 0.717) is 26.2 Å². The smallest absolute Gasteiger partial charge is 0.410 e. The summed E-state index contributed by atoms with van der Waals surface area (Å²) in [6.45, 7) is 11.2. The maximum atomic E-state index is 12.3. The number of carbonyl (C=O) groups is 2. The molecule has 0 radical (unpaired) electrons. The molecular formula is C16H27N3O4. The highest BCUT2D eigenvalue weighted by Gasteiger charge is 2.44. The summed E-state index contributed by atoms with van der Waals surface area (Å²) >= 11 is 0. The molecule has 2 amide bonds. The SMILES string of the molecule is C=CCOC(=O)N1CC2CN(C(=O)OC(C)(C)C)CC(C1)C2N. The number of carbonyl (C=O) groups excluding carboxylic acids is 2. The lowest BCUT2D eigenvalue weighted by Crippen LogP contribution is -2.64. The Labute approximate surface area is 137 Å². The van der Waals surface area contributed by atoms with E-state index in [4.69, 9.17) is 15.2 Å². The number of nitrogens with zero attached hydrogens (tertiary/aromatic N) is 2. The lowest BCUT2D eigenvalue weighted by molar-refractivity contribution is -0.0161. The molecule has 2 saturated heterocycles. The zero-order valence-corrected chi connectivity index (χ0v) is 14.2. The third-order valence-electron chi connectivity index (χ3n) is 4.14. The van der Waals surface area contributed by atoms with Crippen LogP contribution in [0.1, 0.15) is 20.8 Å². The van der Waals surface area contributed by atoms with Crippen LogP contribution in [0.3, 0.4) is 0 Å². The Bertz CT molecular complexity index is 458. The number of nitrogens with two attached hydrogens (primary N) is 1. The molecule has 23 heavy (non-hydrogen) atoms. The van der Waals surface area contributed by atoms with E-state index in [9.17, 15) is 9.59 Å². The van der Waals surface area contributed by atoms with E-state index < -0.39 is 5.60 Å². The summed E-state index contributed by atoms with van der Waals surface area (Å²) in [4.78, 5) is 27.6. The van der Waals surface area contributed by atoms with Gasteiger partial charge in [0.25, 0.3) is 0 Å². The van der Waals surface area contributed by atoms with Gasteiger partial charge in [-0.1, -0.05) is 12.7 Å². The van der Waals surface area contributed by atoms with Crippen molar-refractivity contribution in [3.8, 4) is 0 Å². The van der Waals surface area contributed by atoms with Gasteiger partial charge in [-0.05, 0) is 20.8 Å². The van der Waals surface area contributed by atoms with Gasteiger partial charge in [-0.15, -0.1) is 0 Å². The number of ether oxygens (including phenoxy) is 2. The molecule has 2 heterocycles. The van der Waals surface area contributed by atoms with Crippen LogP contribution in [-0.2, 0) is 9.47 Å². The van der Waals surface area contributed by atoms with Crippen LogP contribution in [0.2, 0.25) is 0 Å². The van der Waals surface area contributed by atoms with E-state index in [-0.39, 0.29) is 36.7 Å². The van der Waals surface area contributed by atoms with Gasteiger partial charge in [0, 0.05) is 44.1 Å². The average Bonchev–Trinajstić information content (AvgIpc) is 2.42. The molecule has 2 rings (SSSR count). The normalized spacial score (nSPS) is 27.4. The molecule has 2 bridgehead atoms. The van der Waals surface area contributed by atoms with Crippen molar-refractivity contribution < 1.29 is 19.1 Å². The molecule has 2 fully saturated rings. The van der Waals surface area contributed by atoms with Gasteiger partial charge in [0.1, 0.15) is 12.2 Å². The largest absolute Gasteiger partial charge is 0.445 e. The number of hydrogen-bond donors (Lipinski definition) is 1. The predicted molar refractivity (Wildman–Crippen MR) is 85.9 cm³/mol. The molecular weight excluding hydrogens is 298 g/mol. The number of rotatable bonds is 2. The Morgan fingerprint density at radius 3 is 2.04 bits per heavy atom. The first kappa shape index (κ1) is 17.6. The van der Waals surface area contributed by atoms with Crippen molar-refractivity contribution in [1.82, 2.24) is 9.80 Å². The summed E-state index contributed by atoms with van der Waals surface area (Å²) in [6.07, 6.45) is 0.873. The molecule has 2 aliphatic rings. The molecule has 0 spiro atoms. The van der Waals surface area contributed by atoms with Crippen LogP contribution in [0.4, 0.5) is 9.59 Å². The van der Waals surface area contributed by atoms with Crippen molar-refractivity contribution in [2.24, 2.45) is 17.6 Å². The first-order chi connectivity index (χ1) is 10.7. The summed E-state index contributed by atoms with van der Waals surface area (Å²) in [7, 11) is 0. The summed E-state index contributed by atoms with van der Waals surface area (Å²) in [5.41, 5.74) is 5.74. The van der Waals surface area contributed by atoms with Crippen LogP contribution in [0, 0.1) is 11.8 Å². The first-order valence-corrected chi connectivity index (χ1v) is 7.97. The topological polar surface area (TPSA) is 85.1 Å². The van der Waals surface area contributed by atoms with Crippen LogP contribution in [0.15, 0.2) is 12.7 Å². The molecule has 0 saturated carbocycles. The molecule has 2 unspecified atom stereocenters. The molecule has 0 aliphatic carbocycles. The van der Waals surface area contributed by atoms with Gasteiger partial charge in [-0.3, -0.25) is 0 Å². The fraction of sp³-hybridized carbons (Fsp3) is 0.750. The Hall–Kier alpha value is -1.76. The molecule has 7 nitrogen and oxygen atoms in total. The van der Waals surface area contributed by atoms with E-state index in [1.54, 1.807) is 15.9 Å². The van der Waals surface area contributed by atoms with Crippen molar-refractivity contribution in [1.29, 1.82) is 0 Å². The maximum Gasteiger partial charge on any atom is 0.410 e. The van der Waals surface area contributed by atoms with Gasteiger partial charge in [0.15, 0.2) is 0 Å². The molecule has 7 heteroatoms. The second-order valence-electron chi connectivity index (χ2n) is 7.25. The maximum absolute atomic E-state index is 12.3. The van der Waals surface area contributed by atoms with Gasteiger partial charge in [-0.2, -0.15) is 0 Å². The first-order valence-electron chi connectivity index (χ1n) is 7.97. The summed E-state index contributed by atoms with van der Waals surface area (Å²) in [5, 5.41) is 0. The monoisotopic (exact) mass is 325 g/mol. The Balaban J connectivity index is 1.98. The van der Waals surface area contributed by atoms with Gasteiger partial charge in [0.2, 0.25) is 0 Å². The van der Waals surface area contributed by atoms with Gasteiger partial charge >= 0.3 is 12.2 Å². The van der Waals surface area contributed by atoms with Crippen LogP contribution >= 0.6 is 0 Å². The van der Waals surface area contributed by atoms with Gasteiger partial charge < -0.3 is 25.0 Å². The zero-order chi connectivity index (χ0) is 17.2. The summed E-state index contributed by atoms with van der Waals surface area (Å²) in [6, 6.07) is -0.0165. The fourth-order valence-electron chi connectivity index (χ4n) is 3.11. The Kier molecular flexibility index (Phi) is 5.19. The van der Waals surface area contributed by atoms with Crippen molar-refractivity contribution >= 4 is 12.2 Å². The number of likely N-dealkylation sites (tertiary alicyclic amines) is 2. The van der Waals surface area contributed by atoms with Crippen molar-refractivity contribution in [3.63, 3.8) is 0 Å². The highest BCUT2D eigenvalue weighted by Crippen LogP contribution is 2.29. The molecule has 0 aromatic heterocycles. The molecule has 2 atom stereocenters. The quantitative estimate of drug-likeness (QED) is 0.776. The number of hydrogen-bond acceptors (Lipinski definition) is 5. The third kappa shape index (κ3) is 4.37. The van der Waals surface area contributed by atoms with Crippen LogP contribution in [0.5, 0.6) is 0 Å². The second kappa shape index (κ2) is 6.78. The fourth-order valence-corrected chi connectivity index (χ4v) is 3.11. The molecule has 0 aromatic rings. The van der Waals surface area contributed by atoms with Gasteiger partial charge in [-0.25, -0.2) is 9.59 Å². The minimum Gasteiger partial charge on any atom is -0.445 e. The van der Waals surface area contributed by atoms with E-state index >= 15 is 0 Å². The van der Waals surface area contributed by atoms with E-state index in [2.05, 4.69) is 6.58 Å². The average molecular weight is 325 g/mol. The van der Waals surface area contributed by atoms with E-state index in [1.807, 2.05) is 20.8 Å². The minimum atomic E-state index is -0.522.